The Kier molecular flexibility index (Phi) is 3.39. The van der Waals surface area contributed by atoms with E-state index in [4.69, 9.17) is 19.4 Å². The SMILES string of the molecule is c1cc(-c2ccc3c(c2)OCO3)c2[nH]c(-c3n[nH]c4ccc(-c5cn[nH]c5)nc34)nc2n1. The molecule has 0 spiro atoms. The molecule has 0 aliphatic carbocycles. The summed E-state index contributed by atoms with van der Waals surface area (Å²) in [6, 6.07) is 11.7. The number of nitrogens with zero attached hydrogens (tertiary/aromatic N) is 5. The minimum absolute atomic E-state index is 0.235. The van der Waals surface area contributed by atoms with Crippen LogP contribution in [0.4, 0.5) is 0 Å². The maximum absolute atomic E-state index is 5.53. The fraction of sp³-hybridized carbons (Fsp3) is 0.0455. The Morgan fingerprint density at radius 3 is 2.84 bits per heavy atom. The highest BCUT2D eigenvalue weighted by Crippen LogP contribution is 2.38. The summed E-state index contributed by atoms with van der Waals surface area (Å²) in [5.41, 5.74) is 7.19. The lowest BCUT2D eigenvalue weighted by molar-refractivity contribution is 0.174. The van der Waals surface area contributed by atoms with Crippen LogP contribution in [-0.2, 0) is 0 Å². The van der Waals surface area contributed by atoms with Gasteiger partial charge in [-0.1, -0.05) is 6.07 Å². The van der Waals surface area contributed by atoms with Crippen molar-refractivity contribution in [1.29, 1.82) is 0 Å². The van der Waals surface area contributed by atoms with Crippen LogP contribution in [0, 0.1) is 0 Å². The third-order valence-electron chi connectivity index (χ3n) is 5.50. The van der Waals surface area contributed by atoms with Crippen molar-refractivity contribution in [2.75, 3.05) is 6.79 Å². The second-order valence-electron chi connectivity index (χ2n) is 7.36. The van der Waals surface area contributed by atoms with Crippen molar-refractivity contribution in [2.24, 2.45) is 0 Å². The monoisotopic (exact) mass is 422 g/mol. The van der Waals surface area contributed by atoms with E-state index >= 15 is 0 Å². The molecule has 0 fully saturated rings. The topological polar surface area (TPSA) is 130 Å². The third-order valence-corrected chi connectivity index (χ3v) is 5.50. The van der Waals surface area contributed by atoms with Gasteiger partial charge in [-0.15, -0.1) is 0 Å². The first kappa shape index (κ1) is 17.0. The molecule has 1 aliphatic heterocycles. The van der Waals surface area contributed by atoms with E-state index in [0.29, 0.717) is 22.7 Å². The number of hydrogen-bond acceptors (Lipinski definition) is 7. The van der Waals surface area contributed by atoms with Crippen LogP contribution in [0.25, 0.3) is 56.1 Å². The molecule has 0 saturated heterocycles. The summed E-state index contributed by atoms with van der Waals surface area (Å²) in [6.07, 6.45) is 5.28. The molecule has 10 nitrogen and oxygen atoms in total. The van der Waals surface area contributed by atoms with Crippen LogP contribution in [0.5, 0.6) is 11.5 Å². The first-order valence-electron chi connectivity index (χ1n) is 9.93. The van der Waals surface area contributed by atoms with Crippen molar-refractivity contribution in [1.82, 2.24) is 40.3 Å². The lowest BCUT2D eigenvalue weighted by Gasteiger charge is -2.04. The molecule has 10 heteroatoms. The number of rotatable bonds is 3. The Balaban J connectivity index is 1.38. The van der Waals surface area contributed by atoms with E-state index in [9.17, 15) is 0 Å². The molecule has 0 unspecified atom stereocenters. The molecule has 0 atom stereocenters. The summed E-state index contributed by atoms with van der Waals surface area (Å²) in [6.45, 7) is 0.235. The van der Waals surface area contributed by atoms with Crippen LogP contribution in [-0.4, -0.2) is 47.1 Å². The lowest BCUT2D eigenvalue weighted by atomic mass is 10.1. The van der Waals surface area contributed by atoms with Crippen LogP contribution >= 0.6 is 0 Å². The van der Waals surface area contributed by atoms with Crippen molar-refractivity contribution in [3.05, 3.63) is 55.0 Å². The maximum atomic E-state index is 5.53. The molecular formula is C22H14N8O2. The summed E-state index contributed by atoms with van der Waals surface area (Å²) < 4.78 is 11.0. The van der Waals surface area contributed by atoms with Crippen LogP contribution in [0.3, 0.4) is 0 Å². The molecule has 0 radical (unpaired) electrons. The molecule has 6 aromatic rings. The van der Waals surface area contributed by atoms with Gasteiger partial charge < -0.3 is 14.5 Å². The fourth-order valence-corrected chi connectivity index (χ4v) is 3.94. The largest absolute Gasteiger partial charge is 0.454 e. The number of aromatic nitrogens is 8. The molecular weight excluding hydrogens is 408 g/mol. The van der Waals surface area contributed by atoms with Crippen molar-refractivity contribution in [3.8, 4) is 45.4 Å². The summed E-state index contributed by atoms with van der Waals surface area (Å²) in [5.74, 6) is 2.05. The number of ether oxygens (including phenoxy) is 2. The molecule has 1 aromatic carbocycles. The molecule has 154 valence electrons. The minimum Gasteiger partial charge on any atom is -0.454 e. The normalized spacial score (nSPS) is 12.8. The summed E-state index contributed by atoms with van der Waals surface area (Å²) in [4.78, 5) is 17.3. The molecule has 6 heterocycles. The standard InChI is InChI=1S/C22H14N8O2/c1-4-16-17(32-10-31-16)7-11(1)13-5-6-23-21-18(13)27-22(28-21)20-19-15(29-30-20)3-2-14(26-19)12-8-24-25-9-12/h1-9H,10H2,(H,24,25)(H,29,30)(H,23,27,28). The first-order chi connectivity index (χ1) is 15.8. The zero-order valence-electron chi connectivity index (χ0n) is 16.5. The van der Waals surface area contributed by atoms with Gasteiger partial charge in [0.05, 0.1) is 22.9 Å². The number of nitrogens with one attached hydrogen (secondary N) is 3. The fourth-order valence-electron chi connectivity index (χ4n) is 3.94. The molecule has 0 amide bonds. The van der Waals surface area contributed by atoms with Gasteiger partial charge in [0.2, 0.25) is 6.79 Å². The molecule has 5 aromatic heterocycles. The van der Waals surface area contributed by atoms with Crippen LogP contribution in [0.2, 0.25) is 0 Å². The highest BCUT2D eigenvalue weighted by Gasteiger charge is 2.19. The summed E-state index contributed by atoms with van der Waals surface area (Å²) in [7, 11) is 0. The summed E-state index contributed by atoms with van der Waals surface area (Å²) >= 11 is 0. The van der Waals surface area contributed by atoms with Crippen molar-refractivity contribution in [3.63, 3.8) is 0 Å². The molecule has 3 N–H and O–H groups in total. The van der Waals surface area contributed by atoms with Gasteiger partial charge in [-0.05, 0) is 35.9 Å². The Bertz CT molecular complexity index is 1620. The number of hydrogen-bond donors (Lipinski definition) is 3. The molecule has 0 bridgehead atoms. The number of H-pyrrole nitrogens is 3. The highest BCUT2D eigenvalue weighted by atomic mass is 16.7. The molecule has 1 aliphatic rings. The van der Waals surface area contributed by atoms with E-state index in [2.05, 4.69) is 30.4 Å². The predicted octanol–water partition coefficient (Wildman–Crippen LogP) is 3.68. The van der Waals surface area contributed by atoms with Gasteiger partial charge in [-0.25, -0.2) is 15.0 Å². The second-order valence-corrected chi connectivity index (χ2v) is 7.36. The number of aromatic amines is 3. The van der Waals surface area contributed by atoms with E-state index in [1.54, 1.807) is 18.6 Å². The molecule has 7 rings (SSSR count). The first-order valence-corrected chi connectivity index (χ1v) is 9.93. The van der Waals surface area contributed by atoms with Gasteiger partial charge in [-0.2, -0.15) is 10.2 Å². The van der Waals surface area contributed by atoms with E-state index in [-0.39, 0.29) is 6.79 Å². The van der Waals surface area contributed by atoms with E-state index in [1.807, 2.05) is 36.4 Å². The van der Waals surface area contributed by atoms with Gasteiger partial charge >= 0.3 is 0 Å². The Labute approximate surface area is 179 Å². The zero-order valence-corrected chi connectivity index (χ0v) is 16.5. The van der Waals surface area contributed by atoms with Crippen LogP contribution < -0.4 is 9.47 Å². The number of fused-ring (bicyclic) bond motifs is 3. The van der Waals surface area contributed by atoms with Gasteiger partial charge in [0.1, 0.15) is 5.52 Å². The van der Waals surface area contributed by atoms with E-state index in [0.717, 1.165) is 44.9 Å². The summed E-state index contributed by atoms with van der Waals surface area (Å²) in [5, 5.41) is 14.3. The van der Waals surface area contributed by atoms with Crippen LogP contribution in [0.1, 0.15) is 0 Å². The van der Waals surface area contributed by atoms with Gasteiger partial charge in [0, 0.05) is 23.5 Å². The Hall–Kier alpha value is -4.73. The van der Waals surface area contributed by atoms with Gasteiger partial charge in [0.25, 0.3) is 0 Å². The van der Waals surface area contributed by atoms with Crippen molar-refractivity contribution in [2.45, 2.75) is 0 Å². The predicted molar refractivity (Wildman–Crippen MR) is 116 cm³/mol. The van der Waals surface area contributed by atoms with E-state index < -0.39 is 0 Å². The van der Waals surface area contributed by atoms with Gasteiger partial charge in [0.15, 0.2) is 28.7 Å². The number of benzene rings is 1. The second kappa shape index (κ2) is 6.38. The Morgan fingerprint density at radius 1 is 0.938 bits per heavy atom. The number of imidazole rings is 1. The quantitative estimate of drug-likeness (QED) is 0.396. The van der Waals surface area contributed by atoms with Crippen molar-refractivity contribution >= 4 is 22.2 Å². The highest BCUT2D eigenvalue weighted by molar-refractivity contribution is 5.95. The van der Waals surface area contributed by atoms with E-state index in [1.165, 1.54) is 0 Å². The van der Waals surface area contributed by atoms with Gasteiger partial charge in [-0.3, -0.25) is 10.2 Å². The minimum atomic E-state index is 0.235. The lowest BCUT2D eigenvalue weighted by Crippen LogP contribution is -1.92. The third kappa shape index (κ3) is 2.49. The zero-order chi connectivity index (χ0) is 21.1. The maximum Gasteiger partial charge on any atom is 0.231 e. The van der Waals surface area contributed by atoms with Crippen molar-refractivity contribution < 1.29 is 9.47 Å². The average molecular weight is 422 g/mol. The average Bonchev–Trinajstić information content (AvgIpc) is 3.62. The number of pyridine rings is 2. The van der Waals surface area contributed by atoms with Crippen LogP contribution in [0.15, 0.2) is 55.0 Å². The smallest absolute Gasteiger partial charge is 0.231 e. The molecule has 32 heavy (non-hydrogen) atoms. The molecule has 0 saturated carbocycles. The Morgan fingerprint density at radius 2 is 1.91 bits per heavy atom.